The normalized spacial score (nSPS) is 19.2. The molecule has 1 saturated carbocycles. The van der Waals surface area contributed by atoms with Gasteiger partial charge in [-0.2, -0.15) is 10.1 Å². The van der Waals surface area contributed by atoms with E-state index in [1.807, 2.05) is 12.1 Å². The van der Waals surface area contributed by atoms with Crippen molar-refractivity contribution in [3.05, 3.63) is 59.3 Å². The summed E-state index contributed by atoms with van der Waals surface area (Å²) >= 11 is 0. The molecule has 0 amide bonds. The maximum atomic E-state index is 12.4. The fourth-order valence-corrected chi connectivity index (χ4v) is 3.53. The van der Waals surface area contributed by atoms with Crippen LogP contribution in [0.1, 0.15) is 31.7 Å². The molecule has 4 rings (SSSR count). The third-order valence-electron chi connectivity index (χ3n) is 5.00. The first-order valence-electron chi connectivity index (χ1n) is 9.37. The molecule has 0 saturated heterocycles. The van der Waals surface area contributed by atoms with E-state index in [4.69, 9.17) is 4.74 Å². The van der Waals surface area contributed by atoms with Gasteiger partial charge < -0.3 is 10.1 Å². The Bertz CT molecular complexity index is 983. The van der Waals surface area contributed by atoms with Crippen molar-refractivity contribution in [1.82, 2.24) is 24.7 Å². The van der Waals surface area contributed by atoms with Crippen LogP contribution in [-0.4, -0.2) is 37.9 Å². The van der Waals surface area contributed by atoms with Gasteiger partial charge in [0, 0.05) is 42.3 Å². The van der Waals surface area contributed by atoms with Crippen molar-refractivity contribution in [3.8, 4) is 17.1 Å². The minimum atomic E-state index is -0.0693. The Balaban J connectivity index is 1.44. The van der Waals surface area contributed by atoms with Crippen molar-refractivity contribution in [2.24, 2.45) is 0 Å². The number of nitrogens with one attached hydrogen (secondary N) is 1. The smallest absolute Gasteiger partial charge is 0.267 e. The van der Waals surface area contributed by atoms with Gasteiger partial charge in [-0.1, -0.05) is 0 Å². The third kappa shape index (κ3) is 4.00. The van der Waals surface area contributed by atoms with E-state index in [1.54, 1.807) is 48.6 Å². The lowest BCUT2D eigenvalue weighted by Gasteiger charge is -2.29. The van der Waals surface area contributed by atoms with Gasteiger partial charge in [-0.25, -0.2) is 9.67 Å². The molecular weight excluding hydrogens is 356 g/mol. The zero-order chi connectivity index (χ0) is 19.3. The molecule has 8 nitrogen and oxygen atoms in total. The molecule has 0 aliphatic heterocycles. The molecule has 0 bridgehead atoms. The van der Waals surface area contributed by atoms with Gasteiger partial charge in [-0.15, -0.1) is 0 Å². The molecule has 1 aliphatic carbocycles. The molecule has 28 heavy (non-hydrogen) atoms. The van der Waals surface area contributed by atoms with E-state index >= 15 is 0 Å². The van der Waals surface area contributed by atoms with Crippen LogP contribution >= 0.6 is 0 Å². The largest absolute Gasteiger partial charge is 0.481 e. The fraction of sp³-hybridized carbons (Fsp3) is 0.350. The zero-order valence-corrected chi connectivity index (χ0v) is 15.7. The molecule has 3 aromatic rings. The maximum absolute atomic E-state index is 12.4. The van der Waals surface area contributed by atoms with Crippen molar-refractivity contribution in [1.29, 1.82) is 0 Å². The van der Waals surface area contributed by atoms with Gasteiger partial charge in [-0.05, 0) is 43.9 Å². The van der Waals surface area contributed by atoms with E-state index in [9.17, 15) is 4.79 Å². The number of pyridine rings is 1. The molecule has 144 valence electrons. The molecule has 1 aliphatic rings. The van der Waals surface area contributed by atoms with Crippen LogP contribution in [0.2, 0.25) is 0 Å². The average molecular weight is 378 g/mol. The van der Waals surface area contributed by atoms with Gasteiger partial charge in [0.15, 0.2) is 0 Å². The monoisotopic (exact) mass is 378 g/mol. The van der Waals surface area contributed by atoms with Gasteiger partial charge in [-0.3, -0.25) is 9.78 Å². The Morgan fingerprint density at radius 3 is 2.71 bits per heavy atom. The summed E-state index contributed by atoms with van der Waals surface area (Å²) < 4.78 is 6.76. The molecule has 3 aromatic heterocycles. The number of ether oxygens (including phenoxy) is 1. The molecule has 0 spiro atoms. The summed E-state index contributed by atoms with van der Waals surface area (Å²) in [6, 6.07) is 9.22. The van der Waals surface area contributed by atoms with Crippen molar-refractivity contribution in [2.75, 3.05) is 12.4 Å². The summed E-state index contributed by atoms with van der Waals surface area (Å²) in [6.45, 7) is 0. The van der Waals surface area contributed by atoms with E-state index in [2.05, 4.69) is 25.4 Å². The van der Waals surface area contributed by atoms with E-state index in [0.717, 1.165) is 36.9 Å². The van der Waals surface area contributed by atoms with Crippen LogP contribution < -0.4 is 15.6 Å². The number of hydrogen-bond acceptors (Lipinski definition) is 7. The molecule has 0 aromatic carbocycles. The second kappa shape index (κ2) is 8.16. The maximum Gasteiger partial charge on any atom is 0.267 e. The molecule has 1 fully saturated rings. The highest BCUT2D eigenvalue weighted by molar-refractivity contribution is 5.56. The van der Waals surface area contributed by atoms with E-state index in [0.29, 0.717) is 11.8 Å². The summed E-state index contributed by atoms with van der Waals surface area (Å²) in [5.41, 5.74) is 1.60. The number of nitrogens with zero attached hydrogens (tertiary/aromatic N) is 5. The van der Waals surface area contributed by atoms with Crippen LogP contribution in [0.4, 0.5) is 5.95 Å². The number of anilines is 1. The van der Waals surface area contributed by atoms with Crippen LogP contribution in [0.15, 0.2) is 53.7 Å². The van der Waals surface area contributed by atoms with Crippen LogP contribution in [0.25, 0.3) is 11.3 Å². The Morgan fingerprint density at radius 2 is 1.96 bits per heavy atom. The number of hydrogen-bond donors (Lipinski definition) is 1. The third-order valence-corrected chi connectivity index (χ3v) is 5.00. The zero-order valence-electron chi connectivity index (χ0n) is 15.7. The quantitative estimate of drug-likeness (QED) is 0.729. The topological polar surface area (TPSA) is 94.8 Å². The summed E-state index contributed by atoms with van der Waals surface area (Å²) in [7, 11) is 1.58. The second-order valence-electron chi connectivity index (χ2n) is 6.82. The van der Waals surface area contributed by atoms with E-state index in [-0.39, 0.29) is 17.6 Å². The van der Waals surface area contributed by atoms with E-state index < -0.39 is 0 Å². The Hall–Kier alpha value is -3.29. The van der Waals surface area contributed by atoms with Crippen molar-refractivity contribution >= 4 is 5.95 Å². The lowest BCUT2D eigenvalue weighted by molar-refractivity contribution is 0.304. The first kappa shape index (κ1) is 18.1. The number of methoxy groups -OCH3 is 1. The molecule has 8 heteroatoms. The van der Waals surface area contributed by atoms with Crippen LogP contribution in [0, 0.1) is 0 Å². The molecule has 0 radical (unpaired) electrons. The van der Waals surface area contributed by atoms with Crippen molar-refractivity contribution in [2.45, 2.75) is 37.8 Å². The minimum absolute atomic E-state index is 0.0693. The summed E-state index contributed by atoms with van der Waals surface area (Å²) in [5.74, 6) is 1.10. The number of aromatic nitrogens is 5. The predicted molar refractivity (Wildman–Crippen MR) is 105 cm³/mol. The molecule has 1 N–H and O–H groups in total. The van der Waals surface area contributed by atoms with Gasteiger partial charge >= 0.3 is 0 Å². The van der Waals surface area contributed by atoms with Crippen LogP contribution in [-0.2, 0) is 0 Å². The lowest BCUT2D eigenvalue weighted by Crippen LogP contribution is -2.33. The Morgan fingerprint density at radius 1 is 1.11 bits per heavy atom. The Labute approximate surface area is 162 Å². The molecule has 0 unspecified atom stereocenters. The minimum Gasteiger partial charge on any atom is -0.481 e. The standard InChI is InChI=1S/C20H22N6O2/c1-28-18-10-12-22-20(24-18)23-15-4-6-16(7-5-15)26-19(27)9-8-17(25-26)14-3-2-11-21-13-14/h2-3,8-13,15-16H,4-7H2,1H3,(H,22,23,24). The van der Waals surface area contributed by atoms with Crippen molar-refractivity contribution < 1.29 is 4.74 Å². The molecule has 0 atom stereocenters. The van der Waals surface area contributed by atoms with Crippen LogP contribution in [0.5, 0.6) is 5.88 Å². The average Bonchev–Trinajstić information content (AvgIpc) is 2.75. The molecular formula is C20H22N6O2. The van der Waals surface area contributed by atoms with Gasteiger partial charge in [0.05, 0.1) is 18.8 Å². The highest BCUT2D eigenvalue weighted by Gasteiger charge is 2.24. The summed E-state index contributed by atoms with van der Waals surface area (Å²) in [4.78, 5) is 25.1. The summed E-state index contributed by atoms with van der Waals surface area (Å²) in [5, 5.41) is 7.96. The van der Waals surface area contributed by atoms with Crippen molar-refractivity contribution in [3.63, 3.8) is 0 Å². The summed E-state index contributed by atoms with van der Waals surface area (Å²) in [6.07, 6.45) is 8.71. The first-order valence-corrected chi connectivity index (χ1v) is 9.37. The highest BCUT2D eigenvalue weighted by Crippen LogP contribution is 2.29. The SMILES string of the molecule is COc1ccnc(NC2CCC(n3nc(-c4cccnc4)ccc3=O)CC2)n1. The van der Waals surface area contributed by atoms with Gasteiger partial charge in [0.1, 0.15) is 0 Å². The number of rotatable bonds is 5. The van der Waals surface area contributed by atoms with Gasteiger partial charge in [0.25, 0.3) is 5.56 Å². The second-order valence-corrected chi connectivity index (χ2v) is 6.82. The first-order chi connectivity index (χ1) is 13.7. The lowest BCUT2D eigenvalue weighted by atomic mass is 9.91. The van der Waals surface area contributed by atoms with Gasteiger partial charge in [0.2, 0.25) is 11.8 Å². The molecule has 3 heterocycles. The van der Waals surface area contributed by atoms with E-state index in [1.165, 1.54) is 0 Å². The fourth-order valence-electron chi connectivity index (χ4n) is 3.53. The van der Waals surface area contributed by atoms with Crippen LogP contribution in [0.3, 0.4) is 0 Å². The predicted octanol–water partition coefficient (Wildman–Crippen LogP) is 2.70. The Kier molecular flexibility index (Phi) is 5.27. The highest BCUT2D eigenvalue weighted by atomic mass is 16.5.